The summed E-state index contributed by atoms with van der Waals surface area (Å²) in [7, 11) is 0. The second-order valence-electron chi connectivity index (χ2n) is 20.3. The van der Waals surface area contributed by atoms with Crippen LogP contribution in [-0.2, 0) is 104 Å². The van der Waals surface area contributed by atoms with Gasteiger partial charge in [0.25, 0.3) is 0 Å². The Morgan fingerprint density at radius 3 is 0.904 bits per heavy atom. The van der Waals surface area contributed by atoms with Crippen molar-refractivity contribution >= 4 is 65.4 Å². The van der Waals surface area contributed by atoms with Gasteiger partial charge >= 0.3 is 18.2 Å². The lowest BCUT2D eigenvalue weighted by Gasteiger charge is -2.19. The molecule has 1 atom stereocenters. The molecule has 2 rings (SSSR count). The number of carboxylic acid groups (broad SMARTS) is 1. The first-order chi connectivity index (χ1) is 45.7. The maximum Gasteiger partial charge on any atom is 0.407 e. The molecule has 528 valence electrons. The molecule has 0 saturated heterocycles. The van der Waals surface area contributed by atoms with E-state index < -0.39 is 41.9 Å². The molecular weight excluding hydrogens is 1240 g/mol. The van der Waals surface area contributed by atoms with E-state index in [4.69, 9.17) is 52.5 Å². The molecule has 0 aliphatic heterocycles. The van der Waals surface area contributed by atoms with Gasteiger partial charge in [-0.3, -0.25) is 43.2 Å². The molecule has 0 aromatic heterocycles. The van der Waals surface area contributed by atoms with Crippen LogP contribution in [0, 0.1) is 0 Å². The Morgan fingerprint density at radius 1 is 0.309 bits per heavy atom. The number of unbranched alkanes of at least 4 members (excludes halogenated alkanes) is 1. The van der Waals surface area contributed by atoms with Gasteiger partial charge in [-0.15, -0.1) is 0 Å². The van der Waals surface area contributed by atoms with Gasteiger partial charge in [-0.2, -0.15) is 0 Å². The monoisotopic (exact) mass is 1330 g/mol. The molecule has 32 nitrogen and oxygen atoms in total. The summed E-state index contributed by atoms with van der Waals surface area (Å²) in [5.74, 6) is -4.14. The second kappa shape index (κ2) is 57.5. The number of carboxylic acids is 1. The van der Waals surface area contributed by atoms with Crippen molar-refractivity contribution in [3.63, 3.8) is 0 Å². The molecule has 0 aliphatic carbocycles. The molecule has 0 aliphatic rings. The highest BCUT2D eigenvalue weighted by molar-refractivity contribution is 5.89. The molecule has 0 spiro atoms. The summed E-state index contributed by atoms with van der Waals surface area (Å²) in [4.78, 5) is 134. The van der Waals surface area contributed by atoms with E-state index in [2.05, 4.69) is 53.2 Å². The van der Waals surface area contributed by atoms with Gasteiger partial charge in [0.05, 0.1) is 112 Å². The first-order valence-corrected chi connectivity index (χ1v) is 31.6. The van der Waals surface area contributed by atoms with Crippen molar-refractivity contribution in [2.45, 2.75) is 89.9 Å². The van der Waals surface area contributed by atoms with Crippen molar-refractivity contribution in [1.82, 2.24) is 53.2 Å². The fraction of sp³-hybridized carbons (Fsp3) is 0.629. The maximum atomic E-state index is 13.3. The van der Waals surface area contributed by atoms with Crippen molar-refractivity contribution in [3.8, 4) is 0 Å². The minimum atomic E-state index is -1.05. The molecule has 2 aromatic carbocycles. The molecule has 0 heterocycles. The number of aliphatic carboxylic acids is 1. The van der Waals surface area contributed by atoms with Crippen molar-refractivity contribution < 1.29 is 105 Å². The Bertz CT molecular complexity index is 2440. The molecule has 10 amide bonds. The number of hydrogen-bond donors (Lipinski definition) is 11. The number of alkyl carbamates (subject to hydrolysis) is 2. The first kappa shape index (κ1) is 82.0. The summed E-state index contributed by atoms with van der Waals surface area (Å²) in [5, 5.41) is 35.3. The number of hydrogen-bond acceptors (Lipinski definition) is 21. The third-order valence-corrected chi connectivity index (χ3v) is 12.5. The third kappa shape index (κ3) is 51.4. The van der Waals surface area contributed by atoms with Gasteiger partial charge in [0, 0.05) is 104 Å². The first-order valence-electron chi connectivity index (χ1n) is 31.6. The van der Waals surface area contributed by atoms with Crippen molar-refractivity contribution in [2.75, 3.05) is 165 Å². The zero-order valence-corrected chi connectivity index (χ0v) is 53.7. The van der Waals surface area contributed by atoms with Gasteiger partial charge in [0.15, 0.2) is 0 Å². The van der Waals surface area contributed by atoms with Crippen LogP contribution in [-0.4, -0.2) is 241 Å². The summed E-state index contributed by atoms with van der Waals surface area (Å²) in [6, 6.07) is 17.6. The smallest absolute Gasteiger partial charge is 0.407 e. The Kier molecular flexibility index (Phi) is 50.2. The van der Waals surface area contributed by atoms with Gasteiger partial charge in [0.2, 0.25) is 47.3 Å². The van der Waals surface area contributed by atoms with Crippen LogP contribution < -0.4 is 53.2 Å². The number of nitrogens with one attached hydrogen (secondary N) is 10. The van der Waals surface area contributed by atoms with E-state index >= 15 is 0 Å². The SMILES string of the molecule is O=C(O)CCC(=O)NCCOCCOCCNC(=O)CCC(=O)NCCOCCOCCNC(=O)[C@H](CCCCNC(=O)CCC(=O)NCCOCCOCCNC(=O)OCc1ccccc1)NC(=O)CCC(=O)NCCOCCOCCNC(=O)OCc1ccccc1. The Labute approximate surface area is 548 Å². The zero-order chi connectivity index (χ0) is 68.2. The molecule has 0 bridgehead atoms. The van der Waals surface area contributed by atoms with Crippen LogP contribution in [0.25, 0.3) is 0 Å². The van der Waals surface area contributed by atoms with Gasteiger partial charge in [0.1, 0.15) is 19.3 Å². The number of benzene rings is 2. The van der Waals surface area contributed by atoms with Crippen LogP contribution in [0.4, 0.5) is 9.59 Å². The maximum absolute atomic E-state index is 13.3. The fourth-order valence-corrected chi connectivity index (χ4v) is 7.64. The molecular formula is C62H98N10O22. The highest BCUT2D eigenvalue weighted by atomic mass is 16.6. The lowest BCUT2D eigenvalue weighted by atomic mass is 10.1. The third-order valence-electron chi connectivity index (χ3n) is 12.5. The molecule has 2 aromatic rings. The van der Waals surface area contributed by atoms with Gasteiger partial charge < -0.3 is 106 Å². The topological polar surface area (TPSA) is 421 Å². The van der Waals surface area contributed by atoms with Crippen molar-refractivity contribution in [2.24, 2.45) is 0 Å². The molecule has 0 fully saturated rings. The molecule has 11 N–H and O–H groups in total. The Morgan fingerprint density at radius 2 is 0.585 bits per heavy atom. The number of carbonyl (C=O) groups excluding carboxylic acids is 10. The number of carbonyl (C=O) groups is 11. The molecule has 0 unspecified atom stereocenters. The molecule has 0 radical (unpaired) electrons. The summed E-state index contributed by atoms with van der Waals surface area (Å²) in [6.07, 6.45) is -0.862. The fourth-order valence-electron chi connectivity index (χ4n) is 7.64. The molecule has 0 saturated carbocycles. The highest BCUT2D eigenvalue weighted by Gasteiger charge is 2.21. The number of rotatable bonds is 59. The summed E-state index contributed by atoms with van der Waals surface area (Å²) in [5.41, 5.74) is 1.75. The largest absolute Gasteiger partial charge is 0.481 e. The van der Waals surface area contributed by atoms with Crippen LogP contribution in [0.1, 0.15) is 81.8 Å². The minimum Gasteiger partial charge on any atom is -0.481 e. The van der Waals surface area contributed by atoms with Gasteiger partial charge in [-0.25, -0.2) is 9.59 Å². The van der Waals surface area contributed by atoms with Crippen LogP contribution in [0.3, 0.4) is 0 Å². The predicted molar refractivity (Wildman–Crippen MR) is 337 cm³/mol. The van der Waals surface area contributed by atoms with E-state index in [9.17, 15) is 52.7 Å². The van der Waals surface area contributed by atoms with E-state index in [0.29, 0.717) is 12.8 Å². The van der Waals surface area contributed by atoms with Gasteiger partial charge in [-0.1, -0.05) is 60.7 Å². The van der Waals surface area contributed by atoms with E-state index in [1.807, 2.05) is 60.7 Å². The Balaban J connectivity index is 1.60. The lowest BCUT2D eigenvalue weighted by molar-refractivity contribution is -0.139. The Hall–Kier alpha value is -8.11. The van der Waals surface area contributed by atoms with E-state index in [0.717, 1.165) is 11.1 Å². The standard InChI is InChI=1S/C62H98N10O22/c73-52(14-15-53(74)64-23-33-87-42-45-91-37-29-70-61(83)93-47-49-9-3-1-4-10-49)63-22-8-7-13-51(72-58(79)19-18-56(77)67-26-34-88-43-46-92-38-30-71-62(84)94-48-50-11-5-2-6-12-50)60(82)69-28-36-90-44-41-86-32-25-66-55(76)17-16-54(75)65-24-31-85-39-40-89-35-27-68-57(78)20-21-59(80)81/h1-6,9-12,51H,7-8,13-48H2,(H,63,73)(H,64,74)(H,65,75)(H,66,76)(H,67,77)(H,68,78)(H,69,82)(H,70,83)(H,71,84)(H,72,79)(H,80,81)/t51-/m0/s1. The van der Waals surface area contributed by atoms with E-state index in [1.54, 1.807) is 0 Å². The highest BCUT2D eigenvalue weighted by Crippen LogP contribution is 2.05. The average molecular weight is 1340 g/mol. The lowest BCUT2D eigenvalue weighted by Crippen LogP contribution is -2.47. The second-order valence-corrected chi connectivity index (χ2v) is 20.3. The van der Waals surface area contributed by atoms with Crippen molar-refractivity contribution in [3.05, 3.63) is 71.8 Å². The molecule has 94 heavy (non-hydrogen) atoms. The minimum absolute atomic E-state index is 0.0230. The van der Waals surface area contributed by atoms with E-state index in [1.165, 1.54) is 0 Å². The van der Waals surface area contributed by atoms with Crippen LogP contribution in [0.5, 0.6) is 0 Å². The van der Waals surface area contributed by atoms with Crippen LogP contribution in [0.15, 0.2) is 60.7 Å². The molecule has 32 heteroatoms. The van der Waals surface area contributed by atoms with E-state index in [-0.39, 0.29) is 265 Å². The van der Waals surface area contributed by atoms with Crippen molar-refractivity contribution in [1.29, 1.82) is 0 Å². The van der Waals surface area contributed by atoms with Crippen LogP contribution >= 0.6 is 0 Å². The number of ether oxygens (including phenoxy) is 10. The zero-order valence-electron chi connectivity index (χ0n) is 53.7. The summed E-state index contributed by atoms with van der Waals surface area (Å²) in [6.45, 7) is 5.91. The normalized spacial score (nSPS) is 11.1. The summed E-state index contributed by atoms with van der Waals surface area (Å²) < 4.78 is 53.8. The number of amides is 10. The van der Waals surface area contributed by atoms with Crippen LogP contribution in [0.2, 0.25) is 0 Å². The predicted octanol–water partition coefficient (Wildman–Crippen LogP) is -0.354. The average Bonchev–Trinajstić information content (AvgIpc) is 2.53. The quantitative estimate of drug-likeness (QED) is 0.0377. The van der Waals surface area contributed by atoms with Gasteiger partial charge in [-0.05, 0) is 30.4 Å². The summed E-state index contributed by atoms with van der Waals surface area (Å²) >= 11 is 0.